The van der Waals surface area contributed by atoms with Gasteiger partial charge in [-0.3, -0.25) is 0 Å². The van der Waals surface area contributed by atoms with Gasteiger partial charge in [-0.25, -0.2) is 4.68 Å². The molecule has 0 unspecified atom stereocenters. The number of aromatic hydroxyl groups is 1. The molecular formula is C18H26N2O. The Morgan fingerprint density at radius 2 is 1.76 bits per heavy atom. The van der Waals surface area contributed by atoms with Crippen LogP contribution in [0.3, 0.4) is 0 Å². The molecule has 1 heterocycles. The minimum absolute atomic E-state index is 0.166. The van der Waals surface area contributed by atoms with E-state index >= 15 is 0 Å². The minimum atomic E-state index is -0.166. The molecule has 1 aromatic carbocycles. The fourth-order valence-electron chi connectivity index (χ4n) is 2.42. The van der Waals surface area contributed by atoms with E-state index in [0.29, 0.717) is 5.75 Å². The molecule has 1 N–H and O–H groups in total. The van der Waals surface area contributed by atoms with Gasteiger partial charge in [0, 0.05) is 5.41 Å². The number of aromatic nitrogens is 2. The first-order valence-corrected chi connectivity index (χ1v) is 7.73. The topological polar surface area (TPSA) is 38.1 Å². The summed E-state index contributed by atoms with van der Waals surface area (Å²) in [5.74, 6) is 0.358. The van der Waals surface area contributed by atoms with Crippen LogP contribution in [0.4, 0.5) is 0 Å². The molecule has 3 heteroatoms. The lowest BCUT2D eigenvalue weighted by Crippen LogP contribution is -2.13. The summed E-state index contributed by atoms with van der Waals surface area (Å²) in [7, 11) is 0. The lowest BCUT2D eigenvalue weighted by atomic mass is 9.91. The molecule has 0 fully saturated rings. The number of benzene rings is 1. The lowest BCUT2D eigenvalue weighted by Gasteiger charge is -2.15. The highest BCUT2D eigenvalue weighted by Crippen LogP contribution is 2.34. The highest BCUT2D eigenvalue weighted by Gasteiger charge is 2.26. The quantitative estimate of drug-likeness (QED) is 0.897. The summed E-state index contributed by atoms with van der Waals surface area (Å²) in [5.41, 5.74) is 3.76. The predicted molar refractivity (Wildman–Crippen MR) is 87.3 cm³/mol. The molecule has 3 nitrogen and oxygen atoms in total. The maximum absolute atomic E-state index is 10.6. The Hall–Kier alpha value is -1.77. The SMILES string of the molecule is CCCCc1c(O)c(C(C)(C)C)nn1-c1ccc(C)cc1. The van der Waals surface area contributed by atoms with Crippen LogP contribution in [-0.2, 0) is 11.8 Å². The largest absolute Gasteiger partial charge is 0.504 e. The number of hydrogen-bond donors (Lipinski definition) is 1. The van der Waals surface area contributed by atoms with Gasteiger partial charge in [0.15, 0.2) is 5.75 Å². The molecule has 0 aliphatic carbocycles. The number of hydrogen-bond acceptors (Lipinski definition) is 2. The van der Waals surface area contributed by atoms with Gasteiger partial charge in [-0.2, -0.15) is 5.10 Å². The molecule has 2 rings (SSSR count). The second-order valence-corrected chi connectivity index (χ2v) is 6.74. The number of rotatable bonds is 4. The summed E-state index contributed by atoms with van der Waals surface area (Å²) in [4.78, 5) is 0. The van der Waals surface area contributed by atoms with Gasteiger partial charge in [-0.15, -0.1) is 0 Å². The molecule has 0 amide bonds. The predicted octanol–water partition coefficient (Wildman–Crippen LogP) is 4.53. The highest BCUT2D eigenvalue weighted by atomic mass is 16.3. The Bertz CT molecular complexity index is 603. The van der Waals surface area contributed by atoms with Gasteiger partial charge in [0.2, 0.25) is 0 Å². The van der Waals surface area contributed by atoms with Gasteiger partial charge < -0.3 is 5.11 Å². The third-order valence-electron chi connectivity index (χ3n) is 3.71. The van der Waals surface area contributed by atoms with Gasteiger partial charge in [-0.05, 0) is 31.9 Å². The zero-order valence-corrected chi connectivity index (χ0v) is 13.8. The van der Waals surface area contributed by atoms with Crippen molar-refractivity contribution in [2.75, 3.05) is 0 Å². The molecule has 0 saturated heterocycles. The number of nitrogens with zero attached hydrogens (tertiary/aromatic N) is 2. The monoisotopic (exact) mass is 286 g/mol. The van der Waals surface area contributed by atoms with Crippen molar-refractivity contribution in [3.8, 4) is 11.4 Å². The van der Waals surface area contributed by atoms with E-state index in [1.54, 1.807) is 0 Å². The normalized spacial score (nSPS) is 11.9. The van der Waals surface area contributed by atoms with Crippen LogP contribution in [0.2, 0.25) is 0 Å². The van der Waals surface area contributed by atoms with E-state index in [2.05, 4.69) is 58.9 Å². The van der Waals surface area contributed by atoms with E-state index in [1.165, 1.54) is 5.56 Å². The van der Waals surface area contributed by atoms with E-state index in [4.69, 9.17) is 5.10 Å². The third kappa shape index (κ3) is 3.29. The van der Waals surface area contributed by atoms with Crippen LogP contribution in [0.5, 0.6) is 5.75 Å². The van der Waals surface area contributed by atoms with Crippen molar-refractivity contribution in [3.05, 3.63) is 41.2 Å². The van der Waals surface area contributed by atoms with Crippen molar-refractivity contribution in [1.29, 1.82) is 0 Å². The van der Waals surface area contributed by atoms with Crippen LogP contribution in [0.25, 0.3) is 5.69 Å². The van der Waals surface area contributed by atoms with Gasteiger partial charge in [0.05, 0.1) is 11.4 Å². The summed E-state index contributed by atoms with van der Waals surface area (Å²) < 4.78 is 1.91. The van der Waals surface area contributed by atoms with Crippen LogP contribution in [-0.4, -0.2) is 14.9 Å². The lowest BCUT2D eigenvalue weighted by molar-refractivity contribution is 0.438. The first-order valence-electron chi connectivity index (χ1n) is 7.73. The van der Waals surface area contributed by atoms with E-state index in [0.717, 1.165) is 36.3 Å². The average Bonchev–Trinajstić information content (AvgIpc) is 2.74. The molecule has 114 valence electrons. The Kier molecular flexibility index (Phi) is 4.40. The minimum Gasteiger partial charge on any atom is -0.504 e. The number of unbranched alkanes of at least 4 members (excludes halogenated alkanes) is 1. The Labute approximate surface area is 127 Å². The maximum atomic E-state index is 10.6. The fourth-order valence-corrected chi connectivity index (χ4v) is 2.42. The second-order valence-electron chi connectivity index (χ2n) is 6.74. The average molecular weight is 286 g/mol. The van der Waals surface area contributed by atoms with E-state index in [9.17, 15) is 5.11 Å². The highest BCUT2D eigenvalue weighted by molar-refractivity contribution is 5.43. The Morgan fingerprint density at radius 3 is 2.29 bits per heavy atom. The smallest absolute Gasteiger partial charge is 0.161 e. The van der Waals surface area contributed by atoms with Gasteiger partial charge in [0.1, 0.15) is 5.69 Å². The molecule has 0 aliphatic heterocycles. The zero-order valence-electron chi connectivity index (χ0n) is 13.8. The van der Waals surface area contributed by atoms with E-state index < -0.39 is 0 Å². The molecule has 0 radical (unpaired) electrons. The zero-order chi connectivity index (χ0) is 15.6. The standard InChI is InChI=1S/C18H26N2O/c1-6-7-8-15-16(21)17(18(3,4)5)19-20(15)14-11-9-13(2)10-12-14/h9-12,21H,6-8H2,1-5H3. The van der Waals surface area contributed by atoms with Crippen molar-refractivity contribution < 1.29 is 5.11 Å². The van der Waals surface area contributed by atoms with Crippen LogP contribution in [0, 0.1) is 6.92 Å². The molecule has 0 spiro atoms. The van der Waals surface area contributed by atoms with Crippen LogP contribution in [0.1, 0.15) is 57.5 Å². The number of aryl methyl sites for hydroxylation is 1. The van der Waals surface area contributed by atoms with Crippen molar-refractivity contribution in [2.45, 2.75) is 59.3 Å². The second kappa shape index (κ2) is 5.92. The third-order valence-corrected chi connectivity index (χ3v) is 3.71. The van der Waals surface area contributed by atoms with Gasteiger partial charge in [0.25, 0.3) is 0 Å². The molecular weight excluding hydrogens is 260 g/mol. The van der Waals surface area contributed by atoms with Gasteiger partial charge >= 0.3 is 0 Å². The first-order chi connectivity index (χ1) is 9.84. The fraction of sp³-hybridized carbons (Fsp3) is 0.500. The maximum Gasteiger partial charge on any atom is 0.161 e. The summed E-state index contributed by atoms with van der Waals surface area (Å²) in [6.07, 6.45) is 3.00. The van der Waals surface area contributed by atoms with E-state index in [-0.39, 0.29) is 5.41 Å². The molecule has 0 saturated carbocycles. The first kappa shape index (κ1) is 15.6. The molecule has 2 aromatic rings. The van der Waals surface area contributed by atoms with Crippen molar-refractivity contribution in [2.24, 2.45) is 0 Å². The Morgan fingerprint density at radius 1 is 1.14 bits per heavy atom. The summed E-state index contributed by atoms with van der Waals surface area (Å²) >= 11 is 0. The van der Waals surface area contributed by atoms with Crippen molar-refractivity contribution >= 4 is 0 Å². The van der Waals surface area contributed by atoms with Crippen LogP contribution < -0.4 is 0 Å². The van der Waals surface area contributed by atoms with Gasteiger partial charge in [-0.1, -0.05) is 51.8 Å². The molecule has 21 heavy (non-hydrogen) atoms. The molecule has 0 bridgehead atoms. The van der Waals surface area contributed by atoms with E-state index in [1.807, 2.05) is 4.68 Å². The summed E-state index contributed by atoms with van der Waals surface area (Å²) in [6, 6.07) is 8.27. The molecule has 0 atom stereocenters. The summed E-state index contributed by atoms with van der Waals surface area (Å²) in [5, 5.41) is 15.3. The van der Waals surface area contributed by atoms with Crippen molar-refractivity contribution in [3.63, 3.8) is 0 Å². The van der Waals surface area contributed by atoms with Crippen molar-refractivity contribution in [1.82, 2.24) is 9.78 Å². The molecule has 0 aliphatic rings. The van der Waals surface area contributed by atoms with Crippen LogP contribution >= 0.6 is 0 Å². The van der Waals surface area contributed by atoms with Crippen LogP contribution in [0.15, 0.2) is 24.3 Å². The Balaban J connectivity index is 2.55. The summed E-state index contributed by atoms with van der Waals surface area (Å²) in [6.45, 7) is 10.5. The molecule has 1 aromatic heterocycles.